The minimum absolute atomic E-state index is 0.259. The first-order valence-electron chi connectivity index (χ1n) is 10.6. The number of piperazine rings is 1. The summed E-state index contributed by atoms with van der Waals surface area (Å²) in [5.74, 6) is -1.13. The van der Waals surface area contributed by atoms with Crippen molar-refractivity contribution in [3.63, 3.8) is 0 Å². The van der Waals surface area contributed by atoms with Crippen molar-refractivity contribution in [3.8, 4) is 0 Å². The molecule has 0 aliphatic carbocycles. The number of nitrogens with zero attached hydrogens (tertiary/aromatic N) is 6. The van der Waals surface area contributed by atoms with Gasteiger partial charge in [0.15, 0.2) is 11.5 Å². The molecule has 5 rings (SSSR count). The number of fused-ring (bicyclic) bond motifs is 3. The van der Waals surface area contributed by atoms with Crippen LogP contribution >= 0.6 is 0 Å². The standard InChI is InChI=1S/C23H22F2N6O2/c1-14-12-29(10-11-30(14)22(32)20-16(24)7-5-8-17(20)25)23-26-18-9-4-3-6-15(18)21-28-27-19(13-33-2)31(21)23/h3-9,14H,10-13H2,1-2H3/t14-/m0/s1. The molecule has 2 aromatic heterocycles. The van der Waals surface area contributed by atoms with Gasteiger partial charge in [0.05, 0.1) is 5.52 Å². The summed E-state index contributed by atoms with van der Waals surface area (Å²) in [6.45, 7) is 3.24. The molecule has 33 heavy (non-hydrogen) atoms. The Morgan fingerprint density at radius 3 is 2.58 bits per heavy atom. The molecule has 0 spiro atoms. The van der Waals surface area contributed by atoms with Crippen molar-refractivity contribution >= 4 is 28.4 Å². The van der Waals surface area contributed by atoms with Crippen LogP contribution in [-0.4, -0.2) is 63.2 Å². The van der Waals surface area contributed by atoms with Crippen LogP contribution in [0.1, 0.15) is 23.1 Å². The SMILES string of the molecule is COCc1nnc2c3ccccc3nc(N3CCN(C(=O)c4c(F)cccc4F)[C@@H](C)C3)n12. The van der Waals surface area contributed by atoms with Crippen LogP contribution in [0.15, 0.2) is 42.5 Å². The minimum atomic E-state index is -0.860. The Balaban J connectivity index is 1.51. The Morgan fingerprint density at radius 1 is 1.09 bits per heavy atom. The highest BCUT2D eigenvalue weighted by Gasteiger charge is 2.33. The van der Waals surface area contributed by atoms with E-state index in [1.165, 1.54) is 11.0 Å². The normalized spacial score (nSPS) is 16.7. The van der Waals surface area contributed by atoms with E-state index in [4.69, 9.17) is 9.72 Å². The maximum atomic E-state index is 14.2. The first-order valence-corrected chi connectivity index (χ1v) is 10.6. The van der Waals surface area contributed by atoms with Crippen molar-refractivity contribution in [3.05, 3.63) is 65.5 Å². The Kier molecular flexibility index (Phi) is 5.37. The molecule has 0 bridgehead atoms. The lowest BCUT2D eigenvalue weighted by Gasteiger charge is -2.40. The van der Waals surface area contributed by atoms with Crippen molar-refractivity contribution < 1.29 is 18.3 Å². The lowest BCUT2D eigenvalue weighted by Crippen LogP contribution is -2.55. The Bertz CT molecular complexity index is 1340. The Labute approximate surface area is 188 Å². The van der Waals surface area contributed by atoms with Gasteiger partial charge in [-0.1, -0.05) is 18.2 Å². The van der Waals surface area contributed by atoms with Crippen LogP contribution in [0.2, 0.25) is 0 Å². The van der Waals surface area contributed by atoms with Gasteiger partial charge in [0, 0.05) is 38.2 Å². The molecule has 1 aliphatic rings. The summed E-state index contributed by atoms with van der Waals surface area (Å²) in [7, 11) is 1.59. The number of ether oxygens (including phenoxy) is 1. The smallest absolute Gasteiger partial charge is 0.260 e. The maximum Gasteiger partial charge on any atom is 0.260 e. The number of para-hydroxylation sites is 1. The van der Waals surface area contributed by atoms with E-state index in [0.29, 0.717) is 30.5 Å². The molecule has 0 saturated carbocycles. The molecule has 0 radical (unpaired) electrons. The van der Waals surface area contributed by atoms with Crippen molar-refractivity contribution in [1.82, 2.24) is 24.5 Å². The number of aromatic nitrogens is 4. The van der Waals surface area contributed by atoms with E-state index < -0.39 is 23.1 Å². The fourth-order valence-electron chi connectivity index (χ4n) is 4.34. The number of benzene rings is 2. The highest BCUT2D eigenvalue weighted by Crippen LogP contribution is 2.27. The second kappa shape index (κ2) is 8.36. The molecule has 1 aliphatic heterocycles. The first kappa shape index (κ1) is 21.2. The Hall–Kier alpha value is -3.66. The van der Waals surface area contributed by atoms with E-state index in [9.17, 15) is 13.6 Å². The van der Waals surface area contributed by atoms with Gasteiger partial charge in [-0.25, -0.2) is 18.2 Å². The van der Waals surface area contributed by atoms with Crippen LogP contribution in [0.4, 0.5) is 14.7 Å². The molecule has 0 N–H and O–H groups in total. The third-order valence-electron chi connectivity index (χ3n) is 5.92. The van der Waals surface area contributed by atoms with Crippen LogP contribution in [0, 0.1) is 11.6 Å². The third-order valence-corrected chi connectivity index (χ3v) is 5.92. The van der Waals surface area contributed by atoms with Gasteiger partial charge in [-0.15, -0.1) is 10.2 Å². The second-order valence-corrected chi connectivity index (χ2v) is 8.03. The molecule has 2 aromatic carbocycles. The number of hydrogen-bond acceptors (Lipinski definition) is 6. The predicted octanol–water partition coefficient (Wildman–Crippen LogP) is 3.05. The van der Waals surface area contributed by atoms with Crippen molar-refractivity contribution in [1.29, 1.82) is 0 Å². The van der Waals surface area contributed by atoms with Crippen molar-refractivity contribution in [2.75, 3.05) is 31.6 Å². The van der Waals surface area contributed by atoms with E-state index >= 15 is 0 Å². The fraction of sp³-hybridized carbons (Fsp3) is 0.304. The van der Waals surface area contributed by atoms with Gasteiger partial charge in [0.2, 0.25) is 5.95 Å². The lowest BCUT2D eigenvalue weighted by atomic mass is 10.1. The van der Waals surface area contributed by atoms with Gasteiger partial charge in [-0.05, 0) is 31.2 Å². The molecule has 8 nitrogen and oxygen atoms in total. The summed E-state index contributed by atoms with van der Waals surface area (Å²) in [5.41, 5.74) is 0.920. The quantitative estimate of drug-likeness (QED) is 0.474. The van der Waals surface area contributed by atoms with Gasteiger partial charge in [-0.3, -0.25) is 4.79 Å². The average Bonchev–Trinajstić information content (AvgIpc) is 3.22. The zero-order valence-corrected chi connectivity index (χ0v) is 18.2. The fourth-order valence-corrected chi connectivity index (χ4v) is 4.34. The molecule has 10 heteroatoms. The zero-order valence-electron chi connectivity index (χ0n) is 18.2. The number of hydrogen-bond donors (Lipinski definition) is 0. The van der Waals surface area contributed by atoms with E-state index in [0.717, 1.165) is 23.0 Å². The number of carbonyl (C=O) groups excluding carboxylic acids is 1. The van der Waals surface area contributed by atoms with E-state index in [-0.39, 0.29) is 19.2 Å². The molecule has 0 unspecified atom stereocenters. The summed E-state index contributed by atoms with van der Waals surface area (Å²) < 4.78 is 35.5. The topological polar surface area (TPSA) is 75.9 Å². The van der Waals surface area contributed by atoms with Crippen LogP contribution in [0.25, 0.3) is 16.6 Å². The molecule has 3 heterocycles. The highest BCUT2D eigenvalue weighted by atomic mass is 19.1. The minimum Gasteiger partial charge on any atom is -0.377 e. The highest BCUT2D eigenvalue weighted by molar-refractivity contribution is 5.95. The lowest BCUT2D eigenvalue weighted by molar-refractivity contribution is 0.0663. The van der Waals surface area contributed by atoms with Crippen LogP contribution in [0.5, 0.6) is 0 Å². The van der Waals surface area contributed by atoms with Crippen LogP contribution < -0.4 is 4.90 Å². The summed E-state index contributed by atoms with van der Waals surface area (Å²) in [6.07, 6.45) is 0. The number of anilines is 1. The molecule has 1 atom stereocenters. The molecule has 170 valence electrons. The van der Waals surface area contributed by atoms with Crippen molar-refractivity contribution in [2.24, 2.45) is 0 Å². The molecular weight excluding hydrogens is 430 g/mol. The third kappa shape index (κ3) is 3.56. The van der Waals surface area contributed by atoms with Gasteiger partial charge < -0.3 is 14.5 Å². The number of carbonyl (C=O) groups is 1. The van der Waals surface area contributed by atoms with Gasteiger partial charge >= 0.3 is 0 Å². The molecule has 4 aromatic rings. The number of amides is 1. The summed E-state index contributed by atoms with van der Waals surface area (Å²) in [6, 6.07) is 10.8. The maximum absolute atomic E-state index is 14.2. The molecule has 1 fully saturated rings. The zero-order chi connectivity index (χ0) is 23.1. The summed E-state index contributed by atoms with van der Waals surface area (Å²) in [5, 5.41) is 9.51. The summed E-state index contributed by atoms with van der Waals surface area (Å²) >= 11 is 0. The van der Waals surface area contributed by atoms with Crippen molar-refractivity contribution in [2.45, 2.75) is 19.6 Å². The second-order valence-electron chi connectivity index (χ2n) is 8.03. The van der Waals surface area contributed by atoms with Gasteiger partial charge in [0.25, 0.3) is 5.91 Å². The Morgan fingerprint density at radius 2 is 1.85 bits per heavy atom. The van der Waals surface area contributed by atoms with Gasteiger partial charge in [-0.2, -0.15) is 0 Å². The molecule has 1 saturated heterocycles. The number of rotatable bonds is 4. The van der Waals surface area contributed by atoms with E-state index in [2.05, 4.69) is 10.2 Å². The average molecular weight is 452 g/mol. The molecular formula is C23H22F2N6O2. The molecule has 1 amide bonds. The predicted molar refractivity (Wildman–Crippen MR) is 118 cm³/mol. The number of halogens is 2. The largest absolute Gasteiger partial charge is 0.377 e. The number of methoxy groups -OCH3 is 1. The van der Waals surface area contributed by atoms with Crippen LogP contribution in [-0.2, 0) is 11.3 Å². The van der Waals surface area contributed by atoms with E-state index in [1.807, 2.05) is 40.5 Å². The summed E-state index contributed by atoms with van der Waals surface area (Å²) in [4.78, 5) is 21.3. The first-order chi connectivity index (χ1) is 16.0. The van der Waals surface area contributed by atoms with Crippen LogP contribution in [0.3, 0.4) is 0 Å². The van der Waals surface area contributed by atoms with E-state index in [1.54, 1.807) is 7.11 Å². The monoisotopic (exact) mass is 452 g/mol. The van der Waals surface area contributed by atoms with Gasteiger partial charge in [0.1, 0.15) is 23.8 Å².